The summed E-state index contributed by atoms with van der Waals surface area (Å²) in [5.41, 5.74) is 0.546. The van der Waals surface area contributed by atoms with Gasteiger partial charge in [-0.05, 0) is 43.9 Å². The third-order valence-electron chi connectivity index (χ3n) is 5.50. The van der Waals surface area contributed by atoms with Crippen molar-refractivity contribution in [2.75, 3.05) is 26.7 Å². The topological polar surface area (TPSA) is 26.3 Å². The first kappa shape index (κ1) is 15.8. The number of halogens is 1. The summed E-state index contributed by atoms with van der Waals surface area (Å²) in [5.74, 6) is 0.250. The summed E-state index contributed by atoms with van der Waals surface area (Å²) in [5, 5.41) is 0.573. The van der Waals surface area contributed by atoms with E-state index < -0.39 is 0 Å². The van der Waals surface area contributed by atoms with Gasteiger partial charge in [-0.1, -0.05) is 17.7 Å². The molecule has 0 N–H and O–H groups in total. The molecule has 3 unspecified atom stereocenters. The molecular formula is C18H25ClNO2+. The maximum absolute atomic E-state index is 12.2. The zero-order chi connectivity index (χ0) is 15.6. The minimum Gasteiger partial charge on any atom is -0.462 e. The van der Waals surface area contributed by atoms with Gasteiger partial charge in [-0.3, -0.25) is 0 Å². The van der Waals surface area contributed by atoms with Crippen molar-refractivity contribution in [2.45, 2.75) is 38.1 Å². The zero-order valence-electron chi connectivity index (χ0n) is 13.3. The molecule has 3 rings (SSSR count). The summed E-state index contributed by atoms with van der Waals surface area (Å²) in [7, 11) is 2.38. The number of carbonyl (C=O) groups is 1. The van der Waals surface area contributed by atoms with Crippen LogP contribution in [0.2, 0.25) is 5.02 Å². The Morgan fingerprint density at radius 1 is 1.27 bits per heavy atom. The van der Waals surface area contributed by atoms with Gasteiger partial charge in [0.25, 0.3) is 0 Å². The van der Waals surface area contributed by atoms with E-state index in [1.54, 1.807) is 24.3 Å². The molecule has 0 radical (unpaired) electrons. The third-order valence-corrected chi connectivity index (χ3v) is 5.73. The summed E-state index contributed by atoms with van der Waals surface area (Å²) in [6.45, 7) is 3.11. The highest BCUT2D eigenvalue weighted by Gasteiger charge is 2.43. The van der Waals surface area contributed by atoms with Gasteiger partial charge >= 0.3 is 5.97 Å². The van der Waals surface area contributed by atoms with Gasteiger partial charge in [0.2, 0.25) is 0 Å². The maximum atomic E-state index is 12.2. The van der Waals surface area contributed by atoms with Crippen molar-refractivity contribution in [3.05, 3.63) is 34.9 Å². The third kappa shape index (κ3) is 3.31. The van der Waals surface area contributed by atoms with Gasteiger partial charge in [0.15, 0.2) is 0 Å². The Labute approximate surface area is 137 Å². The average molecular weight is 323 g/mol. The van der Waals surface area contributed by atoms with Gasteiger partial charge in [0, 0.05) is 17.4 Å². The second-order valence-corrected chi connectivity index (χ2v) is 7.44. The molecule has 3 nitrogen and oxygen atoms in total. The second kappa shape index (κ2) is 6.59. The van der Waals surface area contributed by atoms with Gasteiger partial charge in [-0.2, -0.15) is 0 Å². The molecule has 2 aliphatic heterocycles. The number of fused-ring (bicyclic) bond motifs is 1. The average Bonchev–Trinajstić information content (AvgIpc) is 2.51. The van der Waals surface area contributed by atoms with Crippen molar-refractivity contribution in [1.82, 2.24) is 0 Å². The molecule has 0 aliphatic carbocycles. The Balaban J connectivity index is 1.62. The van der Waals surface area contributed by atoms with E-state index in [1.807, 2.05) is 0 Å². The minimum absolute atomic E-state index is 0.252. The van der Waals surface area contributed by atoms with E-state index in [4.69, 9.17) is 16.3 Å². The van der Waals surface area contributed by atoms with Crippen LogP contribution < -0.4 is 0 Å². The van der Waals surface area contributed by atoms with Gasteiger partial charge in [-0.25, -0.2) is 4.79 Å². The van der Waals surface area contributed by atoms with Crippen LogP contribution in [0.15, 0.2) is 24.3 Å². The van der Waals surface area contributed by atoms with E-state index in [0.29, 0.717) is 29.2 Å². The summed E-state index contributed by atoms with van der Waals surface area (Å²) in [6, 6.07) is 7.65. The van der Waals surface area contributed by atoms with Crippen molar-refractivity contribution in [2.24, 2.45) is 5.92 Å². The fourth-order valence-electron chi connectivity index (χ4n) is 4.31. The van der Waals surface area contributed by atoms with Gasteiger partial charge in [-0.15, -0.1) is 0 Å². The normalized spacial score (nSPS) is 31.4. The summed E-state index contributed by atoms with van der Waals surface area (Å²) in [6.07, 6.45) is 6.35. The van der Waals surface area contributed by atoms with Crippen LogP contribution in [0.3, 0.4) is 0 Å². The largest absolute Gasteiger partial charge is 0.462 e. The first-order chi connectivity index (χ1) is 10.6. The first-order valence-corrected chi connectivity index (χ1v) is 8.73. The Bertz CT molecular complexity index is 544. The maximum Gasteiger partial charge on any atom is 0.338 e. The molecule has 2 fully saturated rings. The zero-order valence-corrected chi connectivity index (χ0v) is 14.0. The molecule has 2 heterocycles. The van der Waals surface area contributed by atoms with E-state index in [9.17, 15) is 4.79 Å². The predicted octanol–water partition coefficient (Wildman–Crippen LogP) is 3.91. The SMILES string of the molecule is C[N+]12CCCCC1C(COC(=O)c1cccc(Cl)c1)CCC2. The molecule has 3 atom stereocenters. The van der Waals surface area contributed by atoms with Crippen molar-refractivity contribution in [3.8, 4) is 0 Å². The molecule has 22 heavy (non-hydrogen) atoms. The smallest absolute Gasteiger partial charge is 0.338 e. The molecule has 1 aromatic rings. The molecule has 1 aromatic carbocycles. The molecule has 0 amide bonds. The molecule has 0 spiro atoms. The minimum atomic E-state index is -0.252. The number of rotatable bonds is 3. The van der Waals surface area contributed by atoms with Crippen molar-refractivity contribution in [1.29, 1.82) is 0 Å². The number of ether oxygens (including phenoxy) is 1. The molecule has 2 saturated heterocycles. The lowest BCUT2D eigenvalue weighted by Gasteiger charge is -2.51. The Morgan fingerprint density at radius 3 is 2.91 bits per heavy atom. The van der Waals surface area contributed by atoms with Crippen LogP contribution in [-0.2, 0) is 4.74 Å². The van der Waals surface area contributed by atoms with Crippen LogP contribution in [-0.4, -0.2) is 43.2 Å². The second-order valence-electron chi connectivity index (χ2n) is 7.00. The van der Waals surface area contributed by atoms with Crippen LogP contribution in [0, 0.1) is 5.92 Å². The molecule has 120 valence electrons. The Hall–Kier alpha value is -1.06. The lowest BCUT2D eigenvalue weighted by molar-refractivity contribution is -0.947. The highest BCUT2D eigenvalue weighted by atomic mass is 35.5. The summed E-state index contributed by atoms with van der Waals surface area (Å²) < 4.78 is 6.79. The van der Waals surface area contributed by atoms with E-state index >= 15 is 0 Å². The molecule has 2 aliphatic rings. The lowest BCUT2D eigenvalue weighted by Crippen LogP contribution is -2.61. The number of carbonyl (C=O) groups excluding carboxylic acids is 1. The first-order valence-electron chi connectivity index (χ1n) is 8.35. The van der Waals surface area contributed by atoms with Crippen molar-refractivity contribution < 1.29 is 14.0 Å². The van der Waals surface area contributed by atoms with Gasteiger partial charge in [0.05, 0.1) is 31.7 Å². The number of hydrogen-bond acceptors (Lipinski definition) is 2. The van der Waals surface area contributed by atoms with Crippen LogP contribution in [0.1, 0.15) is 42.5 Å². The quantitative estimate of drug-likeness (QED) is 0.623. The Morgan fingerprint density at radius 2 is 2.09 bits per heavy atom. The predicted molar refractivity (Wildman–Crippen MR) is 88.0 cm³/mol. The highest BCUT2D eigenvalue weighted by molar-refractivity contribution is 6.30. The van der Waals surface area contributed by atoms with Crippen LogP contribution in [0.4, 0.5) is 0 Å². The van der Waals surface area contributed by atoms with E-state index in [0.717, 1.165) is 0 Å². The van der Waals surface area contributed by atoms with Crippen LogP contribution >= 0.6 is 11.6 Å². The summed E-state index contributed by atoms with van der Waals surface area (Å²) in [4.78, 5) is 12.2. The van der Waals surface area contributed by atoms with Crippen molar-refractivity contribution >= 4 is 17.6 Å². The molecule has 0 bridgehead atoms. The lowest BCUT2D eigenvalue weighted by atomic mass is 9.82. The molecule has 4 heteroatoms. The number of hydrogen-bond donors (Lipinski definition) is 0. The summed E-state index contributed by atoms with van der Waals surface area (Å²) >= 11 is 5.94. The number of quaternary nitrogens is 1. The monoisotopic (exact) mass is 322 g/mol. The molecule has 0 aromatic heterocycles. The number of benzene rings is 1. The highest BCUT2D eigenvalue weighted by Crippen LogP contribution is 2.36. The van der Waals surface area contributed by atoms with Crippen LogP contribution in [0.5, 0.6) is 0 Å². The number of piperidine rings is 2. The van der Waals surface area contributed by atoms with E-state index in [-0.39, 0.29) is 5.97 Å². The van der Waals surface area contributed by atoms with Gasteiger partial charge < -0.3 is 9.22 Å². The number of nitrogens with zero attached hydrogens (tertiary/aromatic N) is 1. The standard InChI is InChI=1S/C18H25ClNO2/c1-20-10-3-2-9-17(20)15(7-5-11-20)13-22-18(21)14-6-4-8-16(19)12-14/h4,6,8,12,15,17H,2-3,5,7,9-11,13H2,1H3/q+1. The van der Waals surface area contributed by atoms with Crippen LogP contribution in [0.25, 0.3) is 0 Å². The fourth-order valence-corrected chi connectivity index (χ4v) is 4.50. The molecular weight excluding hydrogens is 298 g/mol. The van der Waals surface area contributed by atoms with E-state index in [1.165, 1.54) is 49.7 Å². The van der Waals surface area contributed by atoms with E-state index in [2.05, 4.69) is 7.05 Å². The fraction of sp³-hybridized carbons (Fsp3) is 0.611. The number of esters is 1. The molecule has 0 saturated carbocycles. The van der Waals surface area contributed by atoms with Gasteiger partial charge in [0.1, 0.15) is 6.61 Å². The van der Waals surface area contributed by atoms with Crippen molar-refractivity contribution in [3.63, 3.8) is 0 Å². The Kier molecular flexibility index (Phi) is 4.74.